The molecule has 0 radical (unpaired) electrons. The third-order valence-corrected chi connectivity index (χ3v) is 7.14. The van der Waals surface area contributed by atoms with Crippen LogP contribution in [0, 0.1) is 23.4 Å². The molecular weight excluding hydrogens is 521 g/mol. The molecule has 0 bridgehead atoms. The van der Waals surface area contributed by atoms with Crippen LogP contribution in [-0.2, 0) is 17.6 Å². The van der Waals surface area contributed by atoms with Crippen molar-refractivity contribution >= 4 is 18.3 Å². The summed E-state index contributed by atoms with van der Waals surface area (Å²) in [6, 6.07) is 6.31. The number of piperidine rings is 1. The summed E-state index contributed by atoms with van der Waals surface area (Å²) in [5.74, 6) is -1.03. The van der Waals surface area contributed by atoms with Crippen molar-refractivity contribution < 1.29 is 22.7 Å². The smallest absolute Gasteiger partial charge is 0.224 e. The summed E-state index contributed by atoms with van der Waals surface area (Å²) in [6.45, 7) is 3.53. The van der Waals surface area contributed by atoms with Crippen molar-refractivity contribution in [1.29, 1.82) is 0 Å². The van der Waals surface area contributed by atoms with Gasteiger partial charge in [0.2, 0.25) is 11.8 Å². The average molecular weight is 551 g/mol. The fourth-order valence-electron chi connectivity index (χ4n) is 5.40. The third kappa shape index (κ3) is 5.63. The van der Waals surface area contributed by atoms with Crippen LogP contribution in [0.4, 0.5) is 13.2 Å². The molecule has 3 aromatic rings. The molecular formula is C26H30ClF3N6O2. The first-order valence-electron chi connectivity index (χ1n) is 12.5. The Bertz CT molecular complexity index is 1310. The van der Waals surface area contributed by atoms with E-state index < -0.39 is 23.5 Å². The van der Waals surface area contributed by atoms with Gasteiger partial charge in [-0.05, 0) is 49.8 Å². The van der Waals surface area contributed by atoms with Crippen LogP contribution in [0.3, 0.4) is 0 Å². The molecule has 2 aliphatic rings. The monoisotopic (exact) mass is 550 g/mol. The fourth-order valence-corrected chi connectivity index (χ4v) is 5.40. The summed E-state index contributed by atoms with van der Waals surface area (Å²) >= 11 is 0. The average Bonchev–Trinajstić information content (AvgIpc) is 3.32. The van der Waals surface area contributed by atoms with Crippen LogP contribution in [0.5, 0.6) is 5.88 Å². The number of halogens is 4. The highest BCUT2D eigenvalue weighted by atomic mass is 35.5. The maximum Gasteiger partial charge on any atom is 0.224 e. The first kappa shape index (κ1) is 27.8. The van der Waals surface area contributed by atoms with Gasteiger partial charge in [0.1, 0.15) is 17.3 Å². The molecule has 2 aromatic heterocycles. The van der Waals surface area contributed by atoms with Gasteiger partial charge in [0.15, 0.2) is 17.5 Å². The van der Waals surface area contributed by atoms with Crippen molar-refractivity contribution in [3.63, 3.8) is 0 Å². The lowest BCUT2D eigenvalue weighted by Crippen LogP contribution is -2.47. The van der Waals surface area contributed by atoms with Crippen molar-refractivity contribution in [2.75, 3.05) is 19.7 Å². The van der Waals surface area contributed by atoms with Crippen molar-refractivity contribution in [3.8, 4) is 17.4 Å². The van der Waals surface area contributed by atoms with Gasteiger partial charge < -0.3 is 19.9 Å². The molecule has 0 spiro atoms. The lowest BCUT2D eigenvalue weighted by Gasteiger charge is -2.42. The number of nitrogens with zero attached hydrogens (tertiary/aromatic N) is 5. The van der Waals surface area contributed by atoms with E-state index in [4.69, 9.17) is 10.5 Å². The number of nitrogens with two attached hydrogens (primary N) is 1. The Hall–Kier alpha value is -3.18. The summed E-state index contributed by atoms with van der Waals surface area (Å²) in [5, 5.41) is 8.84. The molecule has 204 valence electrons. The Morgan fingerprint density at radius 3 is 2.74 bits per heavy atom. The highest BCUT2D eigenvalue weighted by Gasteiger charge is 2.38. The molecule has 0 aliphatic carbocycles. The predicted molar refractivity (Wildman–Crippen MR) is 136 cm³/mol. The molecule has 0 saturated carbocycles. The van der Waals surface area contributed by atoms with Crippen LogP contribution in [0.25, 0.3) is 11.5 Å². The van der Waals surface area contributed by atoms with Crippen LogP contribution in [0.1, 0.15) is 43.6 Å². The highest BCUT2D eigenvalue weighted by Crippen LogP contribution is 2.39. The van der Waals surface area contributed by atoms with Gasteiger partial charge in [0.25, 0.3) is 0 Å². The quantitative estimate of drug-likeness (QED) is 0.448. The van der Waals surface area contributed by atoms with E-state index in [0.29, 0.717) is 43.2 Å². The second kappa shape index (κ2) is 11.7. The molecule has 1 saturated heterocycles. The van der Waals surface area contributed by atoms with Gasteiger partial charge in [0.05, 0.1) is 6.61 Å². The lowest BCUT2D eigenvalue weighted by atomic mass is 9.84. The fraction of sp³-hybridized carbons (Fsp3) is 0.462. The minimum Gasteiger partial charge on any atom is -0.478 e. The zero-order valence-corrected chi connectivity index (χ0v) is 21.8. The molecule has 3 atom stereocenters. The van der Waals surface area contributed by atoms with Gasteiger partial charge in [-0.1, -0.05) is 6.07 Å². The van der Waals surface area contributed by atoms with Crippen LogP contribution < -0.4 is 10.5 Å². The molecule has 1 fully saturated rings. The van der Waals surface area contributed by atoms with E-state index in [-0.39, 0.29) is 48.7 Å². The Morgan fingerprint density at radius 2 is 1.95 bits per heavy atom. The number of amides is 1. The molecule has 38 heavy (non-hydrogen) atoms. The van der Waals surface area contributed by atoms with Crippen molar-refractivity contribution in [3.05, 3.63) is 59.2 Å². The van der Waals surface area contributed by atoms with E-state index in [2.05, 4.69) is 19.7 Å². The summed E-state index contributed by atoms with van der Waals surface area (Å²) in [4.78, 5) is 19.4. The standard InChI is InChI=1S/C26H29F3N6O2.ClH/c1-2-37-24-5-3-4-21(31-24)26-33-32-23-7-6-15-14-34(9-8-22(15)35(23)26)25(36)12-17(30)10-16-11-19(28)20(29)13-18(16)27;/h3-5,11,13,15,17,22H,2,6-10,12,14,30H2,1H3;1H/t15-,17+,22+;/m0./s1. The SMILES string of the molecule is CCOc1cccc(-c2nnc3n2[C@@H]2CCN(C(=O)C[C@H](N)Cc4cc(F)c(F)cc4F)C[C@@H]2CC3)n1.Cl. The minimum absolute atomic E-state index is 0. The van der Waals surface area contributed by atoms with E-state index in [1.165, 1.54) is 0 Å². The van der Waals surface area contributed by atoms with E-state index in [9.17, 15) is 18.0 Å². The zero-order valence-electron chi connectivity index (χ0n) is 20.9. The van der Waals surface area contributed by atoms with E-state index in [0.717, 1.165) is 31.2 Å². The number of hydrogen-bond acceptors (Lipinski definition) is 6. The van der Waals surface area contributed by atoms with Gasteiger partial charge >= 0.3 is 0 Å². The Morgan fingerprint density at radius 1 is 1.16 bits per heavy atom. The molecule has 4 heterocycles. The molecule has 12 heteroatoms. The molecule has 2 N–H and O–H groups in total. The van der Waals surface area contributed by atoms with Gasteiger partial charge in [-0.15, -0.1) is 22.6 Å². The molecule has 1 amide bonds. The minimum atomic E-state index is -1.25. The number of aromatic nitrogens is 4. The van der Waals surface area contributed by atoms with E-state index in [1.54, 1.807) is 11.0 Å². The van der Waals surface area contributed by atoms with Gasteiger partial charge in [-0.3, -0.25) is 4.79 Å². The van der Waals surface area contributed by atoms with Gasteiger partial charge in [-0.2, -0.15) is 0 Å². The number of hydrogen-bond donors (Lipinski definition) is 1. The lowest BCUT2D eigenvalue weighted by molar-refractivity contribution is -0.134. The second-order valence-electron chi connectivity index (χ2n) is 9.62. The van der Waals surface area contributed by atoms with Crippen molar-refractivity contribution in [1.82, 2.24) is 24.6 Å². The topological polar surface area (TPSA) is 99.2 Å². The van der Waals surface area contributed by atoms with Gasteiger partial charge in [0, 0.05) is 50.1 Å². The molecule has 2 aliphatic heterocycles. The van der Waals surface area contributed by atoms with Gasteiger partial charge in [-0.25, -0.2) is 18.2 Å². The van der Waals surface area contributed by atoms with Crippen LogP contribution in [0.2, 0.25) is 0 Å². The van der Waals surface area contributed by atoms with Crippen molar-refractivity contribution in [2.24, 2.45) is 11.7 Å². The molecule has 8 nitrogen and oxygen atoms in total. The number of pyridine rings is 1. The molecule has 1 aromatic carbocycles. The molecule has 5 rings (SSSR count). The first-order valence-corrected chi connectivity index (χ1v) is 12.5. The van der Waals surface area contributed by atoms with E-state index >= 15 is 0 Å². The zero-order chi connectivity index (χ0) is 26.1. The number of fused-ring (bicyclic) bond motifs is 3. The molecule has 0 unspecified atom stereocenters. The van der Waals surface area contributed by atoms with Crippen LogP contribution in [0.15, 0.2) is 30.3 Å². The number of likely N-dealkylation sites (tertiary alicyclic amines) is 1. The predicted octanol–water partition coefficient (Wildman–Crippen LogP) is 3.87. The summed E-state index contributed by atoms with van der Waals surface area (Å²) in [5.41, 5.74) is 6.75. The first-order chi connectivity index (χ1) is 17.8. The maximum atomic E-state index is 14.0. The summed E-state index contributed by atoms with van der Waals surface area (Å²) < 4.78 is 48.4. The summed E-state index contributed by atoms with van der Waals surface area (Å²) in [7, 11) is 0. The Balaban J connectivity index is 0.00000336. The number of rotatable bonds is 7. The van der Waals surface area contributed by atoms with Crippen LogP contribution in [-0.4, -0.2) is 56.3 Å². The highest BCUT2D eigenvalue weighted by molar-refractivity contribution is 5.85. The largest absolute Gasteiger partial charge is 0.478 e. The Kier molecular flexibility index (Phi) is 8.57. The number of carbonyl (C=O) groups is 1. The van der Waals surface area contributed by atoms with Crippen molar-refractivity contribution in [2.45, 2.75) is 51.1 Å². The number of ether oxygens (including phenoxy) is 1. The third-order valence-electron chi connectivity index (χ3n) is 7.14. The second-order valence-corrected chi connectivity index (χ2v) is 9.62. The van der Waals surface area contributed by atoms with E-state index in [1.807, 2.05) is 19.1 Å². The maximum absolute atomic E-state index is 14.0. The Labute approximate surface area is 224 Å². The summed E-state index contributed by atoms with van der Waals surface area (Å²) in [6.07, 6.45) is 2.29. The number of benzene rings is 1. The normalized spacial score (nSPS) is 19.2. The van der Waals surface area contributed by atoms with Crippen LogP contribution >= 0.6 is 12.4 Å². The number of carbonyl (C=O) groups excluding carboxylic acids is 1. The number of aryl methyl sites for hydroxylation is 1.